The van der Waals surface area contributed by atoms with Gasteiger partial charge in [-0.25, -0.2) is 0 Å². The van der Waals surface area contributed by atoms with E-state index in [2.05, 4.69) is 27.7 Å². The van der Waals surface area contributed by atoms with Gasteiger partial charge in [-0.3, -0.25) is 9.59 Å². The van der Waals surface area contributed by atoms with Crippen LogP contribution >= 0.6 is 0 Å². The van der Waals surface area contributed by atoms with Gasteiger partial charge >= 0.3 is 31.4 Å². The smallest absolute Gasteiger partial charge is 0.550 e. The zero-order valence-corrected chi connectivity index (χ0v) is 49.5. The van der Waals surface area contributed by atoms with Crippen molar-refractivity contribution < 1.29 is 58.3 Å². The summed E-state index contributed by atoms with van der Waals surface area (Å²) in [6.07, 6.45) is 56.2. The predicted molar refractivity (Wildman–Crippen MR) is 283 cm³/mol. The second kappa shape index (κ2) is 60.8. The molecule has 0 aliphatic heterocycles. The number of hydrogen-bond donors (Lipinski definition) is 0. The third-order valence-corrected chi connectivity index (χ3v) is 13.6. The van der Waals surface area contributed by atoms with Crippen LogP contribution in [0.15, 0.2) is 0 Å². The molecule has 0 saturated carbocycles. The molecule has 0 fully saturated rings. The molecule has 0 aromatic carbocycles. The second-order valence-electron chi connectivity index (χ2n) is 20.6. The van der Waals surface area contributed by atoms with Crippen molar-refractivity contribution in [2.24, 2.45) is 0 Å². The minimum Gasteiger partial charge on any atom is -0.550 e. The van der Waals surface area contributed by atoms with Gasteiger partial charge in [0.05, 0.1) is 0 Å². The van der Waals surface area contributed by atoms with Gasteiger partial charge in [0.25, 0.3) is 0 Å². The molecule has 0 bridgehead atoms. The molecule has 69 heavy (non-hydrogen) atoms. The molecule has 2 atom stereocenters. The Hall–Kier alpha value is -1.50. The molecule has 0 saturated heterocycles. The number of carbonyl (C=O) groups excluding carboxylic acids is 4. The molecule has 404 valence electrons. The molecule has 0 amide bonds. The molecule has 9 heteroatoms. The van der Waals surface area contributed by atoms with Crippen LogP contribution in [0, 0.1) is 0 Å². The number of carboxylic acid groups (broad SMARTS) is 2. The minimum absolute atomic E-state index is 0. The van der Waals surface area contributed by atoms with Gasteiger partial charge in [0, 0.05) is 24.8 Å². The van der Waals surface area contributed by atoms with Gasteiger partial charge < -0.3 is 29.3 Å². The molecule has 0 radical (unpaired) electrons. The van der Waals surface area contributed by atoms with Crippen LogP contribution in [-0.4, -0.2) is 36.1 Å². The fourth-order valence-electron chi connectivity index (χ4n) is 9.18. The molecule has 0 heterocycles. The van der Waals surface area contributed by atoms with Crippen LogP contribution in [0.3, 0.4) is 0 Å². The van der Waals surface area contributed by atoms with Crippen LogP contribution in [0.4, 0.5) is 0 Å². The number of ether oxygens (including phenoxy) is 2. The summed E-state index contributed by atoms with van der Waals surface area (Å²) in [5.41, 5.74) is 0. The number of carbonyl (C=O) groups is 4. The average molecular weight is 1030 g/mol. The Kier molecular flexibility index (Phi) is 63.2. The number of aliphatic carboxylic acids is 2. The number of carboxylic acids is 2. The standard InChI is InChI=1S/2C30H58O4.Zn/c2*1-3-5-7-8-9-11-16-19-23-27-30(33)34-28(24-20-6-4-2)25-21-17-14-12-10-13-15-18-22-26-29(31)32;/h2*28H,3-27H2,1-2H3,(H,31,32);/q;;+2/p-2. The van der Waals surface area contributed by atoms with Crippen molar-refractivity contribution in [2.45, 2.75) is 361 Å². The molecule has 0 spiro atoms. The van der Waals surface area contributed by atoms with Gasteiger partial charge in [0.1, 0.15) is 12.2 Å². The first-order chi connectivity index (χ1) is 33.2. The summed E-state index contributed by atoms with van der Waals surface area (Å²) in [4.78, 5) is 45.5. The maximum absolute atomic E-state index is 12.4. The Labute approximate surface area is 441 Å². The SMILES string of the molecule is CCCCCCCCCCCC(=O)OC(CCCCC)CCCCCCCCCCCC(=O)[O-].CCCCCCCCCCCC(=O)OC(CCCCC)CCCCCCCCCCCC(=O)[O-].[Zn+2]. The van der Waals surface area contributed by atoms with Crippen LogP contribution < -0.4 is 10.2 Å². The number of rotatable bonds is 54. The normalized spacial score (nSPS) is 11.9. The number of hydrogen-bond acceptors (Lipinski definition) is 8. The van der Waals surface area contributed by atoms with Crippen LogP contribution in [-0.2, 0) is 48.1 Å². The minimum atomic E-state index is -0.929. The maximum atomic E-state index is 12.4. The van der Waals surface area contributed by atoms with E-state index >= 15 is 0 Å². The monoisotopic (exact) mass is 1030 g/mol. The van der Waals surface area contributed by atoms with E-state index in [-0.39, 0.29) is 56.5 Å². The largest absolute Gasteiger partial charge is 2.00 e. The van der Waals surface area contributed by atoms with Crippen LogP contribution in [0.2, 0.25) is 0 Å². The Balaban J connectivity index is -0.00000124. The van der Waals surface area contributed by atoms with E-state index in [0.29, 0.717) is 12.8 Å². The summed E-state index contributed by atoms with van der Waals surface area (Å²) in [5, 5.41) is 20.8. The summed E-state index contributed by atoms with van der Waals surface area (Å²) in [7, 11) is 0. The summed E-state index contributed by atoms with van der Waals surface area (Å²) in [6.45, 7) is 8.94. The van der Waals surface area contributed by atoms with Crippen molar-refractivity contribution >= 4 is 23.9 Å². The molecule has 0 aromatic rings. The second-order valence-corrected chi connectivity index (χ2v) is 20.6. The fourth-order valence-corrected chi connectivity index (χ4v) is 9.18. The summed E-state index contributed by atoms with van der Waals surface area (Å²) < 4.78 is 11.8. The quantitative estimate of drug-likeness (QED) is 0.0334. The van der Waals surface area contributed by atoms with E-state index in [4.69, 9.17) is 9.47 Å². The Morgan fingerprint density at radius 3 is 0.681 bits per heavy atom. The summed E-state index contributed by atoms with van der Waals surface area (Å²) >= 11 is 0. The third kappa shape index (κ3) is 62.6. The molecular formula is C60H114O8Zn. The predicted octanol–water partition coefficient (Wildman–Crippen LogP) is 16.9. The van der Waals surface area contributed by atoms with Crippen LogP contribution in [0.1, 0.15) is 349 Å². The van der Waals surface area contributed by atoms with Crippen LogP contribution in [0.5, 0.6) is 0 Å². The van der Waals surface area contributed by atoms with Gasteiger partial charge in [-0.05, 0) is 89.9 Å². The molecule has 0 aliphatic rings. The Morgan fingerprint density at radius 1 is 0.275 bits per heavy atom. The van der Waals surface area contributed by atoms with Gasteiger partial charge in [0.15, 0.2) is 0 Å². The van der Waals surface area contributed by atoms with Crippen molar-refractivity contribution in [3.05, 3.63) is 0 Å². The summed E-state index contributed by atoms with van der Waals surface area (Å²) in [6, 6.07) is 0. The first kappa shape index (κ1) is 71.8. The first-order valence-electron chi connectivity index (χ1n) is 30.0. The molecule has 0 aromatic heterocycles. The van der Waals surface area contributed by atoms with E-state index in [0.717, 1.165) is 116 Å². The van der Waals surface area contributed by atoms with Gasteiger partial charge in [-0.2, -0.15) is 0 Å². The molecule has 0 aliphatic carbocycles. The van der Waals surface area contributed by atoms with Crippen molar-refractivity contribution in [3.63, 3.8) is 0 Å². The molecular weight excluding hydrogens is 914 g/mol. The zero-order chi connectivity index (χ0) is 50.2. The van der Waals surface area contributed by atoms with E-state index in [1.807, 2.05) is 0 Å². The van der Waals surface area contributed by atoms with Crippen molar-refractivity contribution in [1.82, 2.24) is 0 Å². The van der Waals surface area contributed by atoms with Crippen LogP contribution in [0.25, 0.3) is 0 Å². The molecule has 2 unspecified atom stereocenters. The van der Waals surface area contributed by atoms with Crippen molar-refractivity contribution in [1.29, 1.82) is 0 Å². The topological polar surface area (TPSA) is 133 Å². The third-order valence-electron chi connectivity index (χ3n) is 13.6. The van der Waals surface area contributed by atoms with Crippen molar-refractivity contribution in [2.75, 3.05) is 0 Å². The van der Waals surface area contributed by atoms with Gasteiger partial charge in [-0.15, -0.1) is 0 Å². The zero-order valence-electron chi connectivity index (χ0n) is 46.5. The van der Waals surface area contributed by atoms with E-state index in [1.54, 1.807) is 0 Å². The average Bonchev–Trinajstić information content (AvgIpc) is 3.31. The first-order valence-corrected chi connectivity index (χ1v) is 30.0. The van der Waals surface area contributed by atoms with Gasteiger partial charge in [0.2, 0.25) is 0 Å². The number of unbranched alkanes of at least 4 members (excludes halogenated alkanes) is 36. The van der Waals surface area contributed by atoms with Gasteiger partial charge in [-0.1, -0.05) is 246 Å². The Bertz CT molecular complexity index is 988. The maximum Gasteiger partial charge on any atom is 2.00 e. The Morgan fingerprint density at radius 2 is 0.449 bits per heavy atom. The van der Waals surface area contributed by atoms with E-state index < -0.39 is 11.9 Å². The van der Waals surface area contributed by atoms with E-state index in [9.17, 15) is 29.4 Å². The number of esters is 2. The molecule has 0 N–H and O–H groups in total. The summed E-state index contributed by atoms with van der Waals surface area (Å²) in [5.74, 6) is -1.82. The molecule has 8 nitrogen and oxygen atoms in total. The molecule has 0 rings (SSSR count). The van der Waals surface area contributed by atoms with Crippen molar-refractivity contribution in [3.8, 4) is 0 Å². The van der Waals surface area contributed by atoms with E-state index in [1.165, 1.54) is 180 Å². The fraction of sp³-hybridized carbons (Fsp3) is 0.933.